The van der Waals surface area contributed by atoms with E-state index in [9.17, 15) is 0 Å². The molecule has 0 aliphatic rings. The molecule has 1 aromatic carbocycles. The van der Waals surface area contributed by atoms with Crippen molar-refractivity contribution >= 4 is 16.9 Å². The first-order chi connectivity index (χ1) is 10.3. The Morgan fingerprint density at radius 1 is 1.14 bits per heavy atom. The van der Waals surface area contributed by atoms with Crippen LogP contribution < -0.4 is 10.1 Å². The van der Waals surface area contributed by atoms with Crippen molar-refractivity contribution in [1.29, 1.82) is 0 Å². The Balaban J connectivity index is 2.10. The molecule has 0 radical (unpaired) electrons. The lowest BCUT2D eigenvalue weighted by Crippen LogP contribution is -2.06. The second kappa shape index (κ2) is 5.70. The molecule has 0 bridgehead atoms. The molecule has 1 N–H and O–H groups in total. The van der Waals surface area contributed by atoms with Crippen LogP contribution in [0.3, 0.4) is 0 Å². The van der Waals surface area contributed by atoms with E-state index in [4.69, 9.17) is 4.74 Å². The fraction of sp³-hybridized carbons (Fsp3) is 0.200. The molecule has 0 amide bonds. The molecule has 6 nitrogen and oxygen atoms in total. The van der Waals surface area contributed by atoms with E-state index in [-0.39, 0.29) is 0 Å². The van der Waals surface area contributed by atoms with Crippen LogP contribution in [0, 0.1) is 0 Å². The Bertz CT molecular complexity index is 775. The predicted octanol–water partition coefficient (Wildman–Crippen LogP) is 2.53. The molecule has 2 heterocycles. The number of hydrogen-bond donors (Lipinski definition) is 1. The minimum absolute atomic E-state index is 0.294. The van der Waals surface area contributed by atoms with Crippen LogP contribution in [-0.4, -0.2) is 33.6 Å². The fourth-order valence-electron chi connectivity index (χ4n) is 2.03. The normalized spacial score (nSPS) is 10.6. The van der Waals surface area contributed by atoms with Gasteiger partial charge >= 0.3 is 6.01 Å². The zero-order valence-corrected chi connectivity index (χ0v) is 11.9. The highest BCUT2D eigenvalue weighted by atomic mass is 16.5. The number of methoxy groups -OCH3 is 1. The third-order valence-electron chi connectivity index (χ3n) is 2.99. The van der Waals surface area contributed by atoms with Gasteiger partial charge in [-0.15, -0.1) is 0 Å². The minimum Gasteiger partial charge on any atom is -0.467 e. The molecule has 106 valence electrons. The van der Waals surface area contributed by atoms with Crippen molar-refractivity contribution in [2.24, 2.45) is 0 Å². The summed E-state index contributed by atoms with van der Waals surface area (Å²) in [7, 11) is 1.54. The maximum Gasteiger partial charge on any atom is 0.321 e. The smallest absolute Gasteiger partial charge is 0.321 e. The Morgan fingerprint density at radius 3 is 2.86 bits per heavy atom. The molecule has 2 aromatic heterocycles. The van der Waals surface area contributed by atoms with Crippen LogP contribution in [0.1, 0.15) is 6.92 Å². The van der Waals surface area contributed by atoms with Crippen molar-refractivity contribution in [1.82, 2.24) is 19.9 Å². The van der Waals surface area contributed by atoms with E-state index in [0.29, 0.717) is 17.8 Å². The quantitative estimate of drug-likeness (QED) is 0.792. The lowest BCUT2D eigenvalue weighted by atomic mass is 10.1. The average molecular weight is 281 g/mol. The third-order valence-corrected chi connectivity index (χ3v) is 2.99. The summed E-state index contributed by atoms with van der Waals surface area (Å²) in [6.45, 7) is 2.71. The van der Waals surface area contributed by atoms with Crippen molar-refractivity contribution in [2.45, 2.75) is 6.92 Å². The number of hydrogen-bond acceptors (Lipinski definition) is 6. The van der Waals surface area contributed by atoms with E-state index in [1.165, 1.54) is 0 Å². The van der Waals surface area contributed by atoms with Crippen LogP contribution >= 0.6 is 0 Å². The van der Waals surface area contributed by atoms with Crippen molar-refractivity contribution in [2.75, 3.05) is 19.0 Å². The number of pyridine rings is 1. The Kier molecular flexibility index (Phi) is 3.59. The van der Waals surface area contributed by atoms with E-state index in [1.54, 1.807) is 13.3 Å². The largest absolute Gasteiger partial charge is 0.467 e. The van der Waals surface area contributed by atoms with Gasteiger partial charge in [0.05, 0.1) is 12.6 Å². The number of anilines is 1. The SMILES string of the molecule is CCNc1nc(OC)nc(-c2ccc3ncccc3c2)n1. The lowest BCUT2D eigenvalue weighted by Gasteiger charge is -2.07. The Labute approximate surface area is 122 Å². The van der Waals surface area contributed by atoms with Gasteiger partial charge in [-0.25, -0.2) is 0 Å². The molecule has 0 saturated heterocycles. The molecule has 0 saturated carbocycles. The number of rotatable bonds is 4. The highest BCUT2D eigenvalue weighted by Gasteiger charge is 2.09. The Morgan fingerprint density at radius 2 is 2.05 bits per heavy atom. The molecule has 0 aliphatic heterocycles. The molecule has 0 unspecified atom stereocenters. The molecule has 3 rings (SSSR count). The van der Waals surface area contributed by atoms with Crippen LogP contribution in [0.5, 0.6) is 6.01 Å². The van der Waals surface area contributed by atoms with Gasteiger partial charge < -0.3 is 10.1 Å². The monoisotopic (exact) mass is 281 g/mol. The third kappa shape index (κ3) is 2.74. The summed E-state index contributed by atoms with van der Waals surface area (Å²) in [6, 6.07) is 10.1. The molecule has 21 heavy (non-hydrogen) atoms. The van der Waals surface area contributed by atoms with Crippen LogP contribution in [0.25, 0.3) is 22.3 Å². The van der Waals surface area contributed by atoms with Crippen LogP contribution in [0.4, 0.5) is 5.95 Å². The molecule has 0 fully saturated rings. The molecular weight excluding hydrogens is 266 g/mol. The molecule has 3 aromatic rings. The van der Waals surface area contributed by atoms with E-state index in [1.807, 2.05) is 37.3 Å². The van der Waals surface area contributed by atoms with E-state index < -0.39 is 0 Å². The second-order valence-electron chi connectivity index (χ2n) is 4.41. The van der Waals surface area contributed by atoms with Crippen molar-refractivity contribution in [3.63, 3.8) is 0 Å². The standard InChI is InChI=1S/C15H15N5O/c1-3-16-14-18-13(19-15(20-14)21-2)11-6-7-12-10(9-11)5-4-8-17-12/h4-9H,3H2,1-2H3,(H,16,18,19,20). The molecule has 0 atom stereocenters. The van der Waals surface area contributed by atoms with Gasteiger partial charge in [0.2, 0.25) is 5.95 Å². The highest BCUT2D eigenvalue weighted by molar-refractivity contribution is 5.83. The maximum atomic E-state index is 5.14. The molecule has 0 spiro atoms. The number of aromatic nitrogens is 4. The van der Waals surface area contributed by atoms with Crippen LogP contribution in [0.2, 0.25) is 0 Å². The maximum absolute atomic E-state index is 5.14. The van der Waals surface area contributed by atoms with Gasteiger partial charge in [-0.05, 0) is 31.2 Å². The average Bonchev–Trinajstić information content (AvgIpc) is 2.54. The fourth-order valence-corrected chi connectivity index (χ4v) is 2.03. The highest BCUT2D eigenvalue weighted by Crippen LogP contribution is 2.22. The number of benzene rings is 1. The van der Waals surface area contributed by atoms with E-state index >= 15 is 0 Å². The van der Waals surface area contributed by atoms with E-state index in [0.717, 1.165) is 23.0 Å². The lowest BCUT2D eigenvalue weighted by molar-refractivity contribution is 0.379. The second-order valence-corrected chi connectivity index (χ2v) is 4.41. The van der Waals surface area contributed by atoms with Crippen LogP contribution in [0.15, 0.2) is 36.5 Å². The van der Waals surface area contributed by atoms with Crippen LogP contribution in [-0.2, 0) is 0 Å². The van der Waals surface area contributed by atoms with Gasteiger partial charge in [0.15, 0.2) is 5.82 Å². The first-order valence-electron chi connectivity index (χ1n) is 6.69. The summed E-state index contributed by atoms with van der Waals surface area (Å²) < 4.78 is 5.14. The topological polar surface area (TPSA) is 72.8 Å². The summed E-state index contributed by atoms with van der Waals surface area (Å²) >= 11 is 0. The molecular formula is C15H15N5O. The molecule has 0 aliphatic carbocycles. The first-order valence-corrected chi connectivity index (χ1v) is 6.69. The van der Waals surface area contributed by atoms with Crippen molar-refractivity contribution in [3.8, 4) is 17.4 Å². The zero-order valence-electron chi connectivity index (χ0n) is 11.9. The Hall–Kier alpha value is -2.76. The summed E-state index contributed by atoms with van der Waals surface area (Å²) in [5.74, 6) is 1.08. The van der Waals surface area contributed by atoms with Gasteiger partial charge in [0, 0.05) is 23.7 Å². The first kappa shape index (κ1) is 13.2. The van der Waals surface area contributed by atoms with Gasteiger partial charge in [0.1, 0.15) is 0 Å². The summed E-state index contributed by atoms with van der Waals surface area (Å²) in [4.78, 5) is 17.2. The van der Waals surface area contributed by atoms with Gasteiger partial charge in [-0.3, -0.25) is 4.98 Å². The zero-order chi connectivity index (χ0) is 14.7. The van der Waals surface area contributed by atoms with Gasteiger partial charge in [0.25, 0.3) is 0 Å². The number of fused-ring (bicyclic) bond motifs is 1. The molecule has 6 heteroatoms. The summed E-state index contributed by atoms with van der Waals surface area (Å²) in [5, 5.41) is 4.12. The van der Waals surface area contributed by atoms with Gasteiger partial charge in [-0.1, -0.05) is 6.07 Å². The van der Waals surface area contributed by atoms with Crippen molar-refractivity contribution in [3.05, 3.63) is 36.5 Å². The minimum atomic E-state index is 0.294. The van der Waals surface area contributed by atoms with Gasteiger partial charge in [-0.2, -0.15) is 15.0 Å². The number of nitrogens with one attached hydrogen (secondary N) is 1. The number of nitrogens with zero attached hydrogens (tertiary/aromatic N) is 4. The summed E-state index contributed by atoms with van der Waals surface area (Å²) in [5.41, 5.74) is 1.84. The predicted molar refractivity (Wildman–Crippen MR) is 81.3 cm³/mol. The van der Waals surface area contributed by atoms with Crippen molar-refractivity contribution < 1.29 is 4.74 Å². The van der Waals surface area contributed by atoms with E-state index in [2.05, 4.69) is 25.3 Å². The summed E-state index contributed by atoms with van der Waals surface area (Å²) in [6.07, 6.45) is 1.78. The number of ether oxygens (including phenoxy) is 1.